The summed E-state index contributed by atoms with van der Waals surface area (Å²) in [5, 5.41) is 13.5. The number of aromatic nitrogens is 2. The highest BCUT2D eigenvalue weighted by atomic mass is 19.4. The Morgan fingerprint density at radius 1 is 0.933 bits per heavy atom. The number of nitrogens with zero attached hydrogens (tertiary/aromatic N) is 3. The first kappa shape index (κ1) is 21.4. The minimum Gasteiger partial charge on any atom is -0.465 e. The maximum absolute atomic E-state index is 14.7. The third kappa shape index (κ3) is 3.53. The van der Waals surface area contributed by atoms with Crippen molar-refractivity contribution in [3.8, 4) is 0 Å². The lowest BCUT2D eigenvalue weighted by molar-refractivity contribution is -0.189. The van der Waals surface area contributed by atoms with Gasteiger partial charge >= 0.3 is 12.3 Å². The number of alkyl halides is 3. The summed E-state index contributed by atoms with van der Waals surface area (Å²) >= 11 is 0. The van der Waals surface area contributed by atoms with Crippen molar-refractivity contribution < 1.29 is 23.1 Å². The van der Waals surface area contributed by atoms with Gasteiger partial charge in [-0.1, -0.05) is 42.5 Å². The highest BCUT2D eigenvalue weighted by Crippen LogP contribution is 2.47. The summed E-state index contributed by atoms with van der Waals surface area (Å²) < 4.78 is 45.0. The zero-order chi connectivity index (χ0) is 22.2. The van der Waals surface area contributed by atoms with Gasteiger partial charge in [-0.05, 0) is 50.1 Å². The van der Waals surface area contributed by atoms with E-state index in [2.05, 4.69) is 5.10 Å². The van der Waals surface area contributed by atoms with E-state index in [0.717, 1.165) is 9.58 Å². The van der Waals surface area contributed by atoms with Crippen LogP contribution in [0.3, 0.4) is 0 Å². The first-order chi connectivity index (χ1) is 14.0. The van der Waals surface area contributed by atoms with Crippen LogP contribution >= 0.6 is 0 Å². The average molecular weight is 417 g/mol. The molecule has 158 valence electrons. The van der Waals surface area contributed by atoms with E-state index < -0.39 is 23.3 Å². The number of carbonyl (C=O) groups is 1. The molecule has 0 bridgehead atoms. The number of hydrogen-bond acceptors (Lipinski definition) is 2. The second kappa shape index (κ2) is 7.51. The lowest BCUT2D eigenvalue weighted by Gasteiger charge is -2.38. The summed E-state index contributed by atoms with van der Waals surface area (Å²) in [6, 6.07) is 14.4. The lowest BCUT2D eigenvalue weighted by Crippen LogP contribution is -2.50. The Morgan fingerprint density at radius 3 is 1.93 bits per heavy atom. The zero-order valence-corrected chi connectivity index (χ0v) is 16.8. The zero-order valence-electron chi connectivity index (χ0n) is 16.8. The van der Waals surface area contributed by atoms with E-state index in [4.69, 9.17) is 0 Å². The molecule has 3 aromatic rings. The van der Waals surface area contributed by atoms with Crippen LogP contribution in [0.15, 0.2) is 73.1 Å². The number of anilines is 1. The van der Waals surface area contributed by atoms with Gasteiger partial charge in [0.25, 0.3) is 0 Å². The monoisotopic (exact) mass is 417 g/mol. The highest BCUT2D eigenvalue weighted by molar-refractivity contribution is 5.87. The lowest BCUT2D eigenvalue weighted by atomic mass is 9.82. The van der Waals surface area contributed by atoms with Crippen LogP contribution in [0.1, 0.15) is 31.9 Å². The number of amides is 1. The molecule has 0 saturated heterocycles. The molecule has 5 nitrogen and oxygen atoms in total. The summed E-state index contributed by atoms with van der Waals surface area (Å²) in [5.74, 6) is 0. The smallest absolute Gasteiger partial charge is 0.422 e. The first-order valence-corrected chi connectivity index (χ1v) is 9.25. The van der Waals surface area contributed by atoms with Crippen LogP contribution in [0.5, 0.6) is 0 Å². The molecule has 1 atom stereocenters. The molecule has 0 radical (unpaired) electrons. The third-order valence-electron chi connectivity index (χ3n) is 4.86. The van der Waals surface area contributed by atoms with E-state index in [1.54, 1.807) is 39.0 Å². The largest absolute Gasteiger partial charge is 0.465 e. The molecule has 1 aromatic heterocycles. The number of benzene rings is 2. The highest BCUT2D eigenvalue weighted by Gasteiger charge is 2.59. The molecule has 1 heterocycles. The first-order valence-electron chi connectivity index (χ1n) is 9.25. The summed E-state index contributed by atoms with van der Waals surface area (Å²) in [5.41, 5.74) is -3.13. The molecule has 0 aliphatic rings. The third-order valence-corrected chi connectivity index (χ3v) is 4.86. The van der Waals surface area contributed by atoms with E-state index >= 15 is 0 Å². The molecule has 1 unspecified atom stereocenters. The minimum absolute atomic E-state index is 0.000128. The van der Waals surface area contributed by atoms with Crippen molar-refractivity contribution >= 4 is 11.8 Å². The van der Waals surface area contributed by atoms with Gasteiger partial charge in [0.2, 0.25) is 5.54 Å². The summed E-state index contributed by atoms with van der Waals surface area (Å²) in [4.78, 5) is 12.8. The van der Waals surface area contributed by atoms with Crippen LogP contribution in [0.4, 0.5) is 23.7 Å². The maximum Gasteiger partial charge on any atom is 0.422 e. The molecule has 0 aliphatic carbocycles. The van der Waals surface area contributed by atoms with Crippen LogP contribution < -0.4 is 4.90 Å². The Balaban J connectivity index is 2.25. The Morgan fingerprint density at radius 2 is 1.50 bits per heavy atom. The quantitative estimate of drug-likeness (QED) is 0.608. The number of hydrogen-bond donors (Lipinski definition) is 1. The molecule has 1 N–H and O–H groups in total. The van der Waals surface area contributed by atoms with E-state index in [9.17, 15) is 23.1 Å². The molecule has 30 heavy (non-hydrogen) atoms. The van der Waals surface area contributed by atoms with Gasteiger partial charge in [0.1, 0.15) is 0 Å². The molecular weight excluding hydrogens is 395 g/mol. The van der Waals surface area contributed by atoms with Gasteiger partial charge in [0, 0.05) is 23.6 Å². The molecule has 3 rings (SSSR count). The van der Waals surface area contributed by atoms with Gasteiger partial charge in [-0.3, -0.25) is 4.90 Å². The van der Waals surface area contributed by atoms with E-state index in [1.807, 2.05) is 0 Å². The molecule has 0 spiro atoms. The summed E-state index contributed by atoms with van der Waals surface area (Å²) in [6.45, 7) is 5.13. The van der Waals surface area contributed by atoms with Crippen molar-refractivity contribution in [2.45, 2.75) is 38.0 Å². The fraction of sp³-hybridized carbons (Fsp3) is 0.273. The second-order valence-corrected chi connectivity index (χ2v) is 7.86. The Bertz CT molecular complexity index is 995. The average Bonchev–Trinajstić information content (AvgIpc) is 3.16. The predicted molar refractivity (Wildman–Crippen MR) is 108 cm³/mol. The van der Waals surface area contributed by atoms with E-state index in [1.165, 1.54) is 54.9 Å². The van der Waals surface area contributed by atoms with Crippen LogP contribution in [-0.2, 0) is 5.54 Å². The standard InChI is InChI=1S/C22H22F3N3O2/c1-20(2,3)28(19(29)30)18-12-10-17(11-13-18)21(22(23,24)25,27-15-7-14-26-27)16-8-5-4-6-9-16/h4-15H,1-3H3,(H,29,30). The van der Waals surface area contributed by atoms with Crippen LogP contribution in [0.25, 0.3) is 0 Å². The fourth-order valence-corrected chi connectivity index (χ4v) is 3.67. The Labute approximate surface area is 172 Å². The molecule has 8 heteroatoms. The number of rotatable bonds is 4. The van der Waals surface area contributed by atoms with Crippen LogP contribution in [0.2, 0.25) is 0 Å². The van der Waals surface area contributed by atoms with Crippen LogP contribution in [-0.4, -0.2) is 32.7 Å². The normalized spacial score (nSPS) is 14.2. The number of halogens is 3. The number of carboxylic acid groups (broad SMARTS) is 1. The van der Waals surface area contributed by atoms with Gasteiger partial charge in [-0.15, -0.1) is 0 Å². The SMILES string of the molecule is CC(C)(C)N(C(=O)O)c1ccc(C(c2ccccc2)(n2cccn2)C(F)(F)F)cc1. The van der Waals surface area contributed by atoms with Gasteiger partial charge in [-0.2, -0.15) is 18.3 Å². The molecule has 2 aromatic carbocycles. The molecular formula is C22H22F3N3O2. The maximum atomic E-state index is 14.7. The molecule has 0 saturated carbocycles. The van der Waals surface area contributed by atoms with Gasteiger partial charge < -0.3 is 5.11 Å². The predicted octanol–water partition coefficient (Wildman–Crippen LogP) is 5.52. The summed E-state index contributed by atoms with van der Waals surface area (Å²) in [6.07, 6.45) is -3.35. The van der Waals surface area contributed by atoms with Crippen molar-refractivity contribution in [3.05, 3.63) is 84.2 Å². The van der Waals surface area contributed by atoms with Crippen molar-refractivity contribution in [3.63, 3.8) is 0 Å². The molecule has 0 fully saturated rings. The molecule has 0 aliphatic heterocycles. The molecule has 1 amide bonds. The Kier molecular flexibility index (Phi) is 5.36. The van der Waals surface area contributed by atoms with Gasteiger partial charge in [0.05, 0.1) is 0 Å². The van der Waals surface area contributed by atoms with Gasteiger partial charge in [-0.25, -0.2) is 9.48 Å². The summed E-state index contributed by atoms with van der Waals surface area (Å²) in [7, 11) is 0. The van der Waals surface area contributed by atoms with Crippen molar-refractivity contribution in [2.75, 3.05) is 4.90 Å². The van der Waals surface area contributed by atoms with E-state index in [0.29, 0.717) is 0 Å². The Hall–Kier alpha value is -3.29. The van der Waals surface area contributed by atoms with E-state index in [-0.39, 0.29) is 16.8 Å². The van der Waals surface area contributed by atoms with Crippen molar-refractivity contribution in [1.82, 2.24) is 9.78 Å². The van der Waals surface area contributed by atoms with Crippen LogP contribution in [0, 0.1) is 0 Å². The minimum atomic E-state index is -4.72. The fourth-order valence-electron chi connectivity index (χ4n) is 3.67. The van der Waals surface area contributed by atoms with Gasteiger partial charge in [0.15, 0.2) is 0 Å². The van der Waals surface area contributed by atoms with Crippen molar-refractivity contribution in [1.29, 1.82) is 0 Å². The van der Waals surface area contributed by atoms with Crippen molar-refractivity contribution in [2.24, 2.45) is 0 Å². The topological polar surface area (TPSA) is 58.4 Å². The second-order valence-electron chi connectivity index (χ2n) is 7.86.